The third-order valence-corrected chi connectivity index (χ3v) is 3.85. The Labute approximate surface area is 113 Å². The fourth-order valence-electron chi connectivity index (χ4n) is 1.69. The molecule has 0 spiro atoms. The highest BCUT2D eigenvalue weighted by atomic mass is 32.2. The van der Waals surface area contributed by atoms with E-state index in [1.54, 1.807) is 13.8 Å². The van der Waals surface area contributed by atoms with E-state index in [4.69, 9.17) is 0 Å². The molecule has 0 saturated carbocycles. The molecule has 112 valence electrons. The summed E-state index contributed by atoms with van der Waals surface area (Å²) in [6.45, 7) is 3.68. The molecule has 8 heteroatoms. The van der Waals surface area contributed by atoms with Gasteiger partial charge in [0.2, 0.25) is 15.9 Å². The summed E-state index contributed by atoms with van der Waals surface area (Å²) in [6, 6.07) is 0. The first kappa shape index (κ1) is 17.8. The van der Waals surface area contributed by atoms with Crippen LogP contribution >= 0.6 is 0 Å². The maximum Gasteiger partial charge on any atom is 0.310 e. The van der Waals surface area contributed by atoms with Gasteiger partial charge in [-0.3, -0.25) is 9.59 Å². The van der Waals surface area contributed by atoms with Crippen molar-refractivity contribution in [2.45, 2.75) is 33.1 Å². The van der Waals surface area contributed by atoms with Crippen LogP contribution in [0.4, 0.5) is 0 Å². The Balaban J connectivity index is 4.26. The topological polar surface area (TPSA) is 113 Å². The van der Waals surface area contributed by atoms with E-state index in [9.17, 15) is 23.1 Å². The fourth-order valence-corrected chi connectivity index (χ4v) is 2.16. The van der Waals surface area contributed by atoms with Gasteiger partial charge in [-0.15, -0.1) is 0 Å². The maximum absolute atomic E-state index is 11.7. The number of aliphatic carboxylic acids is 1. The lowest BCUT2D eigenvalue weighted by atomic mass is 9.79. The van der Waals surface area contributed by atoms with Gasteiger partial charge in [-0.05, 0) is 12.8 Å². The highest BCUT2D eigenvalue weighted by molar-refractivity contribution is 7.88. The second-order valence-corrected chi connectivity index (χ2v) is 6.32. The van der Waals surface area contributed by atoms with E-state index in [-0.39, 0.29) is 25.4 Å². The molecule has 3 N–H and O–H groups in total. The van der Waals surface area contributed by atoms with Crippen LogP contribution in [0.25, 0.3) is 0 Å². The van der Waals surface area contributed by atoms with E-state index in [0.29, 0.717) is 12.8 Å². The summed E-state index contributed by atoms with van der Waals surface area (Å²) in [7, 11) is -3.28. The number of hydrogen-bond donors (Lipinski definition) is 3. The number of rotatable bonds is 9. The zero-order valence-electron chi connectivity index (χ0n) is 11.5. The van der Waals surface area contributed by atoms with Crippen molar-refractivity contribution in [1.82, 2.24) is 10.0 Å². The van der Waals surface area contributed by atoms with Gasteiger partial charge >= 0.3 is 5.97 Å². The average molecular weight is 294 g/mol. The molecule has 0 heterocycles. The lowest BCUT2D eigenvalue weighted by Crippen LogP contribution is -2.39. The van der Waals surface area contributed by atoms with Crippen LogP contribution in [0, 0.1) is 5.41 Å². The lowest BCUT2D eigenvalue weighted by Gasteiger charge is -2.25. The minimum absolute atomic E-state index is 0.0862. The molecule has 0 aromatic rings. The molecule has 0 aliphatic heterocycles. The smallest absolute Gasteiger partial charge is 0.310 e. The Hall–Kier alpha value is -1.15. The second-order valence-electron chi connectivity index (χ2n) is 4.49. The molecule has 7 nitrogen and oxygen atoms in total. The molecular weight excluding hydrogens is 272 g/mol. The number of sulfonamides is 1. The molecular formula is C11H22N2O5S. The lowest BCUT2D eigenvalue weighted by molar-refractivity contribution is -0.152. The summed E-state index contributed by atoms with van der Waals surface area (Å²) in [4.78, 5) is 22.9. The van der Waals surface area contributed by atoms with E-state index in [0.717, 1.165) is 6.26 Å². The van der Waals surface area contributed by atoms with E-state index >= 15 is 0 Å². The van der Waals surface area contributed by atoms with Gasteiger partial charge in [0, 0.05) is 19.5 Å². The molecule has 1 amide bonds. The van der Waals surface area contributed by atoms with Crippen LogP contribution in [-0.2, 0) is 19.6 Å². The molecule has 0 saturated heterocycles. The Morgan fingerprint density at radius 3 is 2.05 bits per heavy atom. The second kappa shape index (κ2) is 7.44. The van der Waals surface area contributed by atoms with Gasteiger partial charge in [0.05, 0.1) is 11.7 Å². The minimum atomic E-state index is -3.28. The van der Waals surface area contributed by atoms with Crippen molar-refractivity contribution < 1.29 is 23.1 Å². The number of nitrogens with one attached hydrogen (secondary N) is 2. The van der Waals surface area contributed by atoms with Crippen LogP contribution in [0.3, 0.4) is 0 Å². The summed E-state index contributed by atoms with van der Waals surface area (Å²) in [5, 5.41) is 11.7. The van der Waals surface area contributed by atoms with E-state index in [1.165, 1.54) is 0 Å². The minimum Gasteiger partial charge on any atom is -0.481 e. The van der Waals surface area contributed by atoms with Crippen LogP contribution in [0.1, 0.15) is 33.1 Å². The van der Waals surface area contributed by atoms with Crippen LogP contribution in [0.5, 0.6) is 0 Å². The van der Waals surface area contributed by atoms with Crippen molar-refractivity contribution in [2.24, 2.45) is 5.41 Å². The molecule has 0 fully saturated rings. The SMILES string of the molecule is CCC(CC)(CC(=O)NCCNS(C)(=O)=O)C(=O)O. The molecule has 0 aromatic carbocycles. The molecule has 0 aliphatic rings. The molecule has 0 aromatic heterocycles. The maximum atomic E-state index is 11.7. The monoisotopic (exact) mass is 294 g/mol. The summed E-state index contributed by atoms with van der Waals surface area (Å²) in [6.07, 6.45) is 1.66. The van der Waals surface area contributed by atoms with Crippen molar-refractivity contribution in [2.75, 3.05) is 19.3 Å². The van der Waals surface area contributed by atoms with Crippen molar-refractivity contribution >= 4 is 21.9 Å². The third kappa shape index (κ3) is 6.53. The van der Waals surface area contributed by atoms with Gasteiger partial charge in [-0.2, -0.15) is 0 Å². The highest BCUT2D eigenvalue weighted by Crippen LogP contribution is 2.30. The third-order valence-electron chi connectivity index (χ3n) is 3.12. The van der Waals surface area contributed by atoms with Crippen molar-refractivity contribution in [3.05, 3.63) is 0 Å². The molecule has 0 bridgehead atoms. The number of amides is 1. The highest BCUT2D eigenvalue weighted by Gasteiger charge is 2.36. The largest absolute Gasteiger partial charge is 0.481 e. The van der Waals surface area contributed by atoms with Crippen molar-refractivity contribution in [1.29, 1.82) is 0 Å². The number of carboxylic acids is 1. The van der Waals surface area contributed by atoms with Crippen LogP contribution < -0.4 is 10.0 Å². The first-order chi connectivity index (χ1) is 8.67. The summed E-state index contributed by atoms with van der Waals surface area (Å²) in [5.74, 6) is -1.37. The van der Waals surface area contributed by atoms with E-state index in [2.05, 4.69) is 10.0 Å². The number of carboxylic acid groups (broad SMARTS) is 1. The zero-order valence-corrected chi connectivity index (χ0v) is 12.3. The predicted molar refractivity (Wildman–Crippen MR) is 71.1 cm³/mol. The van der Waals surface area contributed by atoms with Gasteiger partial charge in [-0.25, -0.2) is 13.1 Å². The average Bonchev–Trinajstić information content (AvgIpc) is 2.30. The van der Waals surface area contributed by atoms with Gasteiger partial charge in [0.25, 0.3) is 0 Å². The fraction of sp³-hybridized carbons (Fsp3) is 0.818. The van der Waals surface area contributed by atoms with Crippen molar-refractivity contribution in [3.63, 3.8) is 0 Å². The first-order valence-electron chi connectivity index (χ1n) is 6.11. The summed E-state index contributed by atoms with van der Waals surface area (Å²) >= 11 is 0. The Bertz CT molecular complexity index is 415. The van der Waals surface area contributed by atoms with Gasteiger partial charge in [0.1, 0.15) is 0 Å². The Morgan fingerprint density at radius 2 is 1.68 bits per heavy atom. The first-order valence-corrected chi connectivity index (χ1v) is 8.00. The Morgan fingerprint density at radius 1 is 1.16 bits per heavy atom. The van der Waals surface area contributed by atoms with Crippen LogP contribution in [-0.4, -0.2) is 44.7 Å². The number of carbonyl (C=O) groups is 2. The standard InChI is InChI=1S/C11H22N2O5S/c1-4-11(5-2,10(15)16)8-9(14)12-6-7-13-19(3,17)18/h13H,4-8H2,1-3H3,(H,12,14)(H,15,16). The van der Waals surface area contributed by atoms with E-state index < -0.39 is 21.4 Å². The van der Waals surface area contributed by atoms with Crippen LogP contribution in [0.2, 0.25) is 0 Å². The van der Waals surface area contributed by atoms with Gasteiger partial charge in [-0.1, -0.05) is 13.8 Å². The molecule has 0 unspecified atom stereocenters. The summed E-state index contributed by atoms with van der Waals surface area (Å²) < 4.78 is 23.8. The molecule has 19 heavy (non-hydrogen) atoms. The van der Waals surface area contributed by atoms with E-state index in [1.807, 2.05) is 0 Å². The molecule has 0 rings (SSSR count). The van der Waals surface area contributed by atoms with Crippen molar-refractivity contribution in [3.8, 4) is 0 Å². The quantitative estimate of drug-likeness (QED) is 0.515. The number of hydrogen-bond acceptors (Lipinski definition) is 4. The Kier molecular flexibility index (Phi) is 6.99. The van der Waals surface area contributed by atoms with Gasteiger partial charge < -0.3 is 10.4 Å². The predicted octanol–water partition coefficient (Wildman–Crippen LogP) is -0.0671. The normalized spacial score (nSPS) is 12.2. The molecule has 0 radical (unpaired) electrons. The summed E-state index contributed by atoms with van der Waals surface area (Å²) in [5.41, 5.74) is -1.05. The zero-order chi connectivity index (χ0) is 15.1. The van der Waals surface area contributed by atoms with Crippen LogP contribution in [0.15, 0.2) is 0 Å². The molecule has 0 atom stereocenters. The molecule has 0 aliphatic carbocycles. The van der Waals surface area contributed by atoms with Gasteiger partial charge in [0.15, 0.2) is 0 Å². The number of carbonyl (C=O) groups excluding carboxylic acids is 1.